The quantitative estimate of drug-likeness (QED) is 0.171. The molecule has 0 aliphatic carbocycles. The van der Waals surface area contributed by atoms with Gasteiger partial charge in [-0.05, 0) is 43.3 Å². The summed E-state index contributed by atoms with van der Waals surface area (Å²) >= 11 is 0. The second kappa shape index (κ2) is 9.61. The van der Waals surface area contributed by atoms with Crippen molar-refractivity contribution < 1.29 is 26.9 Å². The van der Waals surface area contributed by atoms with Gasteiger partial charge < -0.3 is 15.0 Å². The maximum Gasteiger partial charge on any atom is 0.293 e. The molecule has 2 N–H and O–H groups in total. The van der Waals surface area contributed by atoms with E-state index in [2.05, 4.69) is 0 Å². The monoisotopic (exact) mass is 566 g/mol. The molecule has 0 saturated carbocycles. The molecular weight excluding hydrogens is 546 g/mol. The number of hydrogen-bond acceptors (Lipinski definition) is 7. The molecule has 3 aromatic carbocycles. The van der Waals surface area contributed by atoms with Gasteiger partial charge in [-0.2, -0.15) is 0 Å². The Balaban J connectivity index is 1.80. The molecular formula is C27H20F2N4O6S. The first-order valence-corrected chi connectivity index (χ1v) is 13.1. The fraction of sp³-hybridized carbons (Fsp3) is 0.0741. The van der Waals surface area contributed by atoms with E-state index in [1.807, 2.05) is 0 Å². The summed E-state index contributed by atoms with van der Waals surface area (Å²) in [5.41, 5.74) is 5.27. The number of nitrogens with zero attached hydrogens (tertiary/aromatic N) is 3. The Morgan fingerprint density at radius 3 is 2.33 bits per heavy atom. The van der Waals surface area contributed by atoms with Gasteiger partial charge in [0.1, 0.15) is 22.8 Å². The van der Waals surface area contributed by atoms with E-state index in [-0.39, 0.29) is 38.4 Å². The fourth-order valence-electron chi connectivity index (χ4n) is 4.34. The molecule has 2 aromatic heterocycles. The lowest BCUT2D eigenvalue weighted by Crippen LogP contribution is -2.22. The lowest BCUT2D eigenvalue weighted by atomic mass is 10.00. The Bertz CT molecular complexity index is 2000. The number of nitro groups is 1. The molecule has 5 rings (SSSR count). The zero-order chi connectivity index (χ0) is 28.9. The first-order chi connectivity index (χ1) is 18.9. The molecule has 2 heterocycles. The second-order valence-electron chi connectivity index (χ2n) is 8.96. The Hall–Kier alpha value is -5.04. The molecule has 0 bridgehead atoms. The summed E-state index contributed by atoms with van der Waals surface area (Å²) in [6.45, 7) is 1.80. The summed E-state index contributed by atoms with van der Waals surface area (Å²) < 4.78 is 62.6. The van der Waals surface area contributed by atoms with Gasteiger partial charge in [-0.3, -0.25) is 14.9 Å². The molecule has 5 aromatic rings. The van der Waals surface area contributed by atoms with Gasteiger partial charge in [-0.25, -0.2) is 21.2 Å². The lowest BCUT2D eigenvalue weighted by Gasteiger charge is -2.16. The largest absolute Gasteiger partial charge is 0.454 e. The van der Waals surface area contributed by atoms with E-state index in [0.717, 1.165) is 32.3 Å². The summed E-state index contributed by atoms with van der Waals surface area (Å²) in [5.74, 6) is -2.42. The third kappa shape index (κ3) is 4.35. The van der Waals surface area contributed by atoms with Crippen molar-refractivity contribution in [2.24, 2.45) is 7.05 Å². The fourth-order valence-corrected chi connectivity index (χ4v) is 5.69. The number of aryl methyl sites for hydroxylation is 2. The second-order valence-corrected chi connectivity index (χ2v) is 10.8. The standard InChI is InChI=1S/C27H20F2N4O6S/c1-15-3-6-17(7-4-15)40(37,38)32-12-11-18-19(14-31(2)27(34)26(18)32)24-23(10-8-21(25(24)30)33(35)36)39-22-9-5-16(28)13-20(22)29/h3-14H,30H2,1-2H3. The van der Waals surface area contributed by atoms with Crippen molar-refractivity contribution in [3.63, 3.8) is 0 Å². The highest BCUT2D eigenvalue weighted by Gasteiger charge is 2.27. The van der Waals surface area contributed by atoms with E-state index in [4.69, 9.17) is 10.5 Å². The highest BCUT2D eigenvalue weighted by molar-refractivity contribution is 7.90. The third-order valence-electron chi connectivity index (χ3n) is 6.33. The molecule has 0 spiro atoms. The van der Waals surface area contributed by atoms with Crippen LogP contribution in [0.25, 0.3) is 22.0 Å². The highest BCUT2D eigenvalue weighted by Crippen LogP contribution is 2.45. The smallest absolute Gasteiger partial charge is 0.293 e. The topological polar surface area (TPSA) is 139 Å². The molecule has 0 fully saturated rings. The van der Waals surface area contributed by atoms with Crippen LogP contribution in [0.2, 0.25) is 0 Å². The number of halogens is 2. The van der Waals surface area contributed by atoms with Crippen molar-refractivity contribution in [2.75, 3.05) is 5.73 Å². The van der Waals surface area contributed by atoms with Crippen LogP contribution < -0.4 is 16.0 Å². The predicted octanol–water partition coefficient (Wildman–Crippen LogP) is 5.11. The van der Waals surface area contributed by atoms with E-state index in [1.54, 1.807) is 19.1 Å². The van der Waals surface area contributed by atoms with Crippen LogP contribution in [0.1, 0.15) is 5.56 Å². The van der Waals surface area contributed by atoms with Gasteiger partial charge in [0.05, 0.1) is 15.4 Å². The average molecular weight is 567 g/mol. The number of fused-ring (bicyclic) bond motifs is 1. The van der Waals surface area contributed by atoms with Gasteiger partial charge in [0.2, 0.25) is 0 Å². The molecule has 0 unspecified atom stereocenters. The predicted molar refractivity (Wildman–Crippen MR) is 144 cm³/mol. The third-order valence-corrected chi connectivity index (χ3v) is 8.02. The first kappa shape index (κ1) is 26.6. The number of pyridine rings is 1. The van der Waals surface area contributed by atoms with Crippen LogP contribution in [0.5, 0.6) is 11.5 Å². The molecule has 0 amide bonds. The van der Waals surface area contributed by atoms with E-state index in [0.29, 0.717) is 6.07 Å². The molecule has 0 saturated heterocycles. The number of nitrogen functional groups attached to an aromatic ring is 1. The summed E-state index contributed by atoms with van der Waals surface area (Å²) in [6.07, 6.45) is 2.51. The number of rotatable bonds is 6. The summed E-state index contributed by atoms with van der Waals surface area (Å²) in [4.78, 5) is 24.2. The summed E-state index contributed by atoms with van der Waals surface area (Å²) in [5, 5.41) is 11.8. The molecule has 13 heteroatoms. The number of nitro benzene ring substituents is 1. The van der Waals surface area contributed by atoms with Crippen molar-refractivity contribution in [1.29, 1.82) is 0 Å². The van der Waals surface area contributed by atoms with Crippen LogP contribution in [0.15, 0.2) is 82.7 Å². The van der Waals surface area contributed by atoms with Gasteiger partial charge in [0.25, 0.3) is 21.3 Å². The zero-order valence-electron chi connectivity index (χ0n) is 21.0. The van der Waals surface area contributed by atoms with Crippen LogP contribution in [-0.4, -0.2) is 21.9 Å². The average Bonchev–Trinajstić information content (AvgIpc) is 3.35. The Morgan fingerprint density at radius 1 is 1.00 bits per heavy atom. The highest BCUT2D eigenvalue weighted by atomic mass is 32.2. The lowest BCUT2D eigenvalue weighted by molar-refractivity contribution is -0.383. The Labute approximate surface area is 225 Å². The minimum atomic E-state index is -4.23. The molecule has 0 radical (unpaired) electrons. The van der Waals surface area contributed by atoms with Crippen LogP contribution in [-0.2, 0) is 17.1 Å². The summed E-state index contributed by atoms with van der Waals surface area (Å²) in [6, 6.07) is 12.3. The molecule has 40 heavy (non-hydrogen) atoms. The molecule has 0 atom stereocenters. The van der Waals surface area contributed by atoms with Gasteiger partial charge in [0, 0.05) is 42.5 Å². The van der Waals surface area contributed by atoms with Gasteiger partial charge in [0.15, 0.2) is 11.6 Å². The normalized spacial score (nSPS) is 11.6. The van der Waals surface area contributed by atoms with Gasteiger partial charge in [-0.1, -0.05) is 17.7 Å². The van der Waals surface area contributed by atoms with Crippen molar-refractivity contribution in [2.45, 2.75) is 11.8 Å². The van der Waals surface area contributed by atoms with Crippen LogP contribution in [0.4, 0.5) is 20.2 Å². The van der Waals surface area contributed by atoms with Crippen molar-refractivity contribution >= 4 is 32.3 Å². The number of aromatic nitrogens is 2. The minimum Gasteiger partial charge on any atom is -0.454 e. The number of hydrogen-bond donors (Lipinski definition) is 1. The van der Waals surface area contributed by atoms with E-state index >= 15 is 0 Å². The zero-order valence-corrected chi connectivity index (χ0v) is 21.8. The van der Waals surface area contributed by atoms with E-state index in [9.17, 15) is 32.1 Å². The number of ether oxygens (including phenoxy) is 1. The Kier molecular flexibility index (Phi) is 6.38. The molecule has 10 nitrogen and oxygen atoms in total. The van der Waals surface area contributed by atoms with E-state index < -0.39 is 43.6 Å². The SMILES string of the molecule is Cc1ccc(S(=O)(=O)n2ccc3c(-c4c(Oc5ccc(F)cc5F)ccc([N+](=O)[O-])c4N)cn(C)c(=O)c32)cc1. The van der Waals surface area contributed by atoms with Gasteiger partial charge in [-0.15, -0.1) is 0 Å². The maximum absolute atomic E-state index is 14.4. The maximum atomic E-state index is 14.4. The number of benzene rings is 3. The van der Waals surface area contributed by atoms with Crippen molar-refractivity contribution in [3.05, 3.63) is 111 Å². The summed E-state index contributed by atoms with van der Waals surface area (Å²) in [7, 11) is -2.86. The number of anilines is 1. The van der Waals surface area contributed by atoms with E-state index in [1.165, 1.54) is 43.7 Å². The minimum absolute atomic E-state index is 0.0614. The van der Waals surface area contributed by atoms with Crippen LogP contribution in [0, 0.1) is 28.7 Å². The molecule has 0 aliphatic heterocycles. The molecule has 204 valence electrons. The van der Waals surface area contributed by atoms with Crippen LogP contribution >= 0.6 is 0 Å². The van der Waals surface area contributed by atoms with Crippen LogP contribution in [0.3, 0.4) is 0 Å². The van der Waals surface area contributed by atoms with Crippen molar-refractivity contribution in [3.8, 4) is 22.6 Å². The molecule has 0 aliphatic rings. The van der Waals surface area contributed by atoms with Gasteiger partial charge >= 0.3 is 0 Å². The van der Waals surface area contributed by atoms with Crippen molar-refractivity contribution in [1.82, 2.24) is 8.54 Å². The number of nitrogens with two attached hydrogens (primary N) is 1. The Morgan fingerprint density at radius 2 is 1.68 bits per heavy atom. The first-order valence-electron chi connectivity index (χ1n) is 11.6.